The van der Waals surface area contributed by atoms with E-state index in [0.717, 1.165) is 43.6 Å². The second-order valence-electron chi connectivity index (χ2n) is 6.81. The standard InChI is InChI=1S/C19H28N2O3.ClH/c1-15(2)13-18(16-7-4-3-5-8-16)20-24-12-11-21-10-6-9-17(14-21)19(22)23;/h3-5,7-8,15,17H,6,9-14H2,1-2H3,(H,22,23);1H/t17-;/m1./s1. The van der Waals surface area contributed by atoms with Gasteiger partial charge in [-0.15, -0.1) is 12.4 Å². The first-order valence-electron chi connectivity index (χ1n) is 8.75. The highest BCUT2D eigenvalue weighted by Crippen LogP contribution is 2.16. The fraction of sp³-hybridized carbons (Fsp3) is 0.579. The Bertz CT molecular complexity index is 549. The zero-order valence-corrected chi connectivity index (χ0v) is 15.9. The van der Waals surface area contributed by atoms with E-state index in [1.165, 1.54) is 0 Å². The van der Waals surface area contributed by atoms with Crippen LogP contribution in [0.25, 0.3) is 0 Å². The van der Waals surface area contributed by atoms with Gasteiger partial charge >= 0.3 is 5.97 Å². The Morgan fingerprint density at radius 2 is 2.08 bits per heavy atom. The van der Waals surface area contributed by atoms with Crippen molar-refractivity contribution in [3.63, 3.8) is 0 Å². The number of piperidine rings is 1. The highest BCUT2D eigenvalue weighted by atomic mass is 35.5. The lowest BCUT2D eigenvalue weighted by Gasteiger charge is -2.30. The van der Waals surface area contributed by atoms with E-state index in [0.29, 0.717) is 19.1 Å². The van der Waals surface area contributed by atoms with Crippen molar-refractivity contribution >= 4 is 24.1 Å². The van der Waals surface area contributed by atoms with Crippen molar-refractivity contribution in [1.29, 1.82) is 0 Å². The predicted octanol–water partition coefficient (Wildman–Crippen LogP) is 3.67. The Kier molecular flexibility index (Phi) is 9.53. The molecule has 5 nitrogen and oxygen atoms in total. The molecule has 0 amide bonds. The summed E-state index contributed by atoms with van der Waals surface area (Å²) >= 11 is 0. The van der Waals surface area contributed by atoms with Gasteiger partial charge in [0.25, 0.3) is 0 Å². The van der Waals surface area contributed by atoms with Crippen LogP contribution in [0.4, 0.5) is 0 Å². The van der Waals surface area contributed by atoms with Crippen molar-refractivity contribution in [3.8, 4) is 0 Å². The lowest BCUT2D eigenvalue weighted by atomic mass is 9.98. The number of halogens is 1. The van der Waals surface area contributed by atoms with Crippen LogP contribution >= 0.6 is 12.4 Å². The average molecular weight is 369 g/mol. The van der Waals surface area contributed by atoms with E-state index < -0.39 is 5.97 Å². The summed E-state index contributed by atoms with van der Waals surface area (Å²) in [6, 6.07) is 10.1. The Hall–Kier alpha value is -1.59. The number of likely N-dealkylation sites (tertiary alicyclic amines) is 1. The molecule has 1 N–H and O–H groups in total. The van der Waals surface area contributed by atoms with Gasteiger partial charge in [-0.1, -0.05) is 49.3 Å². The summed E-state index contributed by atoms with van der Waals surface area (Å²) in [6.07, 6.45) is 2.58. The van der Waals surface area contributed by atoms with Gasteiger partial charge in [-0.3, -0.25) is 9.69 Å². The Morgan fingerprint density at radius 1 is 1.36 bits per heavy atom. The molecule has 1 fully saturated rings. The molecule has 1 heterocycles. The summed E-state index contributed by atoms with van der Waals surface area (Å²) in [4.78, 5) is 18.8. The van der Waals surface area contributed by atoms with Crippen LogP contribution in [0, 0.1) is 11.8 Å². The molecule has 0 bridgehead atoms. The lowest BCUT2D eigenvalue weighted by molar-refractivity contribution is -0.143. The van der Waals surface area contributed by atoms with Gasteiger partial charge in [0.2, 0.25) is 0 Å². The van der Waals surface area contributed by atoms with E-state index >= 15 is 0 Å². The number of hydrogen-bond donors (Lipinski definition) is 1. The summed E-state index contributed by atoms with van der Waals surface area (Å²) in [6.45, 7) is 7.09. The Morgan fingerprint density at radius 3 is 2.72 bits per heavy atom. The third-order valence-corrected chi connectivity index (χ3v) is 4.24. The number of aliphatic carboxylic acids is 1. The van der Waals surface area contributed by atoms with Crippen molar-refractivity contribution in [3.05, 3.63) is 35.9 Å². The van der Waals surface area contributed by atoms with Gasteiger partial charge in [-0.05, 0) is 37.3 Å². The quantitative estimate of drug-likeness (QED) is 0.432. The predicted molar refractivity (Wildman–Crippen MR) is 102 cm³/mol. The number of benzene rings is 1. The van der Waals surface area contributed by atoms with Crippen LogP contribution in [0.15, 0.2) is 35.5 Å². The lowest BCUT2D eigenvalue weighted by Crippen LogP contribution is -2.40. The molecule has 1 aromatic rings. The number of carbonyl (C=O) groups is 1. The molecule has 1 aliphatic heterocycles. The molecule has 0 radical (unpaired) electrons. The van der Waals surface area contributed by atoms with Gasteiger partial charge < -0.3 is 9.94 Å². The van der Waals surface area contributed by atoms with Gasteiger partial charge in [0.05, 0.1) is 11.6 Å². The first-order chi connectivity index (χ1) is 11.6. The minimum absolute atomic E-state index is 0. The topological polar surface area (TPSA) is 62.1 Å². The van der Waals surface area contributed by atoms with Crippen LogP contribution in [0.1, 0.15) is 38.7 Å². The Balaban J connectivity index is 0.00000312. The maximum absolute atomic E-state index is 11.1. The Labute approximate surface area is 156 Å². The fourth-order valence-corrected chi connectivity index (χ4v) is 2.98. The van der Waals surface area contributed by atoms with E-state index in [2.05, 4.69) is 23.9 Å². The molecule has 140 valence electrons. The van der Waals surface area contributed by atoms with Gasteiger partial charge in [-0.25, -0.2) is 0 Å². The number of carboxylic acid groups (broad SMARTS) is 1. The second-order valence-corrected chi connectivity index (χ2v) is 6.81. The molecule has 0 aromatic heterocycles. The average Bonchev–Trinajstić information content (AvgIpc) is 2.58. The van der Waals surface area contributed by atoms with Crippen LogP contribution < -0.4 is 0 Å². The molecule has 1 aromatic carbocycles. The minimum atomic E-state index is -0.693. The zero-order valence-electron chi connectivity index (χ0n) is 15.1. The van der Waals surface area contributed by atoms with Gasteiger partial charge in [-0.2, -0.15) is 0 Å². The fourth-order valence-electron chi connectivity index (χ4n) is 2.98. The van der Waals surface area contributed by atoms with Crippen molar-refractivity contribution in [2.24, 2.45) is 17.0 Å². The monoisotopic (exact) mass is 368 g/mol. The van der Waals surface area contributed by atoms with Gasteiger partial charge in [0.15, 0.2) is 0 Å². The van der Waals surface area contributed by atoms with Crippen LogP contribution in [0.3, 0.4) is 0 Å². The van der Waals surface area contributed by atoms with E-state index in [1.54, 1.807) is 0 Å². The number of carboxylic acids is 1. The van der Waals surface area contributed by atoms with Crippen LogP contribution in [0.5, 0.6) is 0 Å². The number of rotatable bonds is 8. The maximum atomic E-state index is 11.1. The molecule has 2 rings (SSSR count). The first-order valence-corrected chi connectivity index (χ1v) is 8.75. The molecule has 6 heteroatoms. The molecule has 1 aliphatic rings. The van der Waals surface area contributed by atoms with Crippen LogP contribution in [-0.4, -0.2) is 47.9 Å². The number of nitrogens with zero attached hydrogens (tertiary/aromatic N) is 2. The smallest absolute Gasteiger partial charge is 0.307 e. The van der Waals surface area contributed by atoms with Gasteiger partial charge in [0, 0.05) is 13.1 Å². The van der Waals surface area contributed by atoms with Crippen LogP contribution in [0.2, 0.25) is 0 Å². The largest absolute Gasteiger partial charge is 0.481 e. The molecule has 0 saturated carbocycles. The van der Waals surface area contributed by atoms with Crippen molar-refractivity contribution in [1.82, 2.24) is 4.90 Å². The summed E-state index contributed by atoms with van der Waals surface area (Å²) in [5, 5.41) is 13.5. The first kappa shape index (κ1) is 21.5. The van der Waals surface area contributed by atoms with Gasteiger partial charge in [0.1, 0.15) is 6.61 Å². The molecule has 25 heavy (non-hydrogen) atoms. The molecular formula is C19H29ClN2O3. The summed E-state index contributed by atoms with van der Waals surface area (Å²) in [5.41, 5.74) is 2.06. The van der Waals surface area contributed by atoms with E-state index in [-0.39, 0.29) is 18.3 Å². The maximum Gasteiger partial charge on any atom is 0.307 e. The van der Waals surface area contributed by atoms with E-state index in [9.17, 15) is 4.79 Å². The third kappa shape index (κ3) is 7.45. The minimum Gasteiger partial charge on any atom is -0.481 e. The van der Waals surface area contributed by atoms with Crippen molar-refractivity contribution < 1.29 is 14.7 Å². The molecule has 1 saturated heterocycles. The molecule has 1 atom stereocenters. The number of hydrogen-bond acceptors (Lipinski definition) is 4. The SMILES string of the molecule is CC(C)CC(=NOCCN1CCC[C@@H](C(=O)O)C1)c1ccccc1.Cl. The summed E-state index contributed by atoms with van der Waals surface area (Å²) in [7, 11) is 0. The molecule has 0 aliphatic carbocycles. The van der Waals surface area contributed by atoms with E-state index in [4.69, 9.17) is 9.94 Å². The molecule has 0 unspecified atom stereocenters. The zero-order chi connectivity index (χ0) is 17.4. The van der Waals surface area contributed by atoms with Crippen molar-refractivity contribution in [2.75, 3.05) is 26.2 Å². The second kappa shape index (κ2) is 11.1. The summed E-state index contributed by atoms with van der Waals surface area (Å²) in [5.74, 6) is -0.434. The number of oxime groups is 1. The highest BCUT2D eigenvalue weighted by Gasteiger charge is 2.24. The molecule has 0 spiro atoms. The summed E-state index contributed by atoms with van der Waals surface area (Å²) < 4.78 is 0. The van der Waals surface area contributed by atoms with E-state index in [1.807, 2.05) is 30.3 Å². The normalized spacial score (nSPS) is 18.7. The molecular weight excluding hydrogens is 340 g/mol. The third-order valence-electron chi connectivity index (χ3n) is 4.24. The van der Waals surface area contributed by atoms with Crippen LogP contribution in [-0.2, 0) is 9.63 Å². The van der Waals surface area contributed by atoms with Crippen molar-refractivity contribution in [2.45, 2.75) is 33.1 Å². The highest BCUT2D eigenvalue weighted by molar-refractivity contribution is 6.00.